The first-order valence-electron chi connectivity index (χ1n) is 6.79. The Bertz CT molecular complexity index is 328. The van der Waals surface area contributed by atoms with Gasteiger partial charge in [-0.2, -0.15) is 0 Å². The van der Waals surface area contributed by atoms with Gasteiger partial charge in [-0.25, -0.2) is 0 Å². The molecule has 0 aromatic rings. The fraction of sp³-hybridized carbons (Fsp3) is 0.846. The second kappa shape index (κ2) is 5.69. The first-order valence-corrected chi connectivity index (χ1v) is 6.79. The van der Waals surface area contributed by atoms with Crippen LogP contribution in [0.25, 0.3) is 0 Å². The quantitative estimate of drug-likeness (QED) is 0.675. The van der Waals surface area contributed by atoms with Crippen LogP contribution < -0.4 is 0 Å². The third kappa shape index (κ3) is 3.02. The molecule has 2 rings (SSSR count). The highest BCUT2D eigenvalue weighted by Gasteiger charge is 2.35. The maximum atomic E-state index is 12.0. The monoisotopic (exact) mass is 254 g/mol. The molecule has 1 unspecified atom stereocenters. The fourth-order valence-electron chi connectivity index (χ4n) is 2.47. The molecule has 1 heterocycles. The second-order valence-electron chi connectivity index (χ2n) is 5.12. The van der Waals surface area contributed by atoms with E-state index in [1.807, 2.05) is 23.8 Å². The summed E-state index contributed by atoms with van der Waals surface area (Å²) in [6, 6.07) is 0.211. The van der Waals surface area contributed by atoms with Crippen LogP contribution in [0.15, 0.2) is 0 Å². The molecule has 0 radical (unpaired) electrons. The molecule has 5 nitrogen and oxygen atoms in total. The Morgan fingerprint density at radius 3 is 2.67 bits per heavy atom. The van der Waals surface area contributed by atoms with Gasteiger partial charge < -0.3 is 9.64 Å². The van der Waals surface area contributed by atoms with E-state index in [0.717, 1.165) is 32.2 Å². The highest BCUT2D eigenvalue weighted by molar-refractivity contribution is 5.81. The van der Waals surface area contributed by atoms with Gasteiger partial charge in [0.2, 0.25) is 5.91 Å². The van der Waals surface area contributed by atoms with Crippen molar-refractivity contribution in [2.75, 3.05) is 26.7 Å². The van der Waals surface area contributed by atoms with Crippen molar-refractivity contribution < 1.29 is 14.3 Å². The summed E-state index contributed by atoms with van der Waals surface area (Å²) in [5.41, 5.74) is 0. The van der Waals surface area contributed by atoms with E-state index < -0.39 is 0 Å². The van der Waals surface area contributed by atoms with Crippen molar-refractivity contribution in [3.8, 4) is 0 Å². The van der Waals surface area contributed by atoms with Gasteiger partial charge in [-0.05, 0) is 39.2 Å². The van der Waals surface area contributed by atoms with Gasteiger partial charge in [0.05, 0.1) is 13.2 Å². The average molecular weight is 254 g/mol. The summed E-state index contributed by atoms with van der Waals surface area (Å²) in [7, 11) is 1.86. The van der Waals surface area contributed by atoms with Crippen LogP contribution in [0.3, 0.4) is 0 Å². The van der Waals surface area contributed by atoms with Gasteiger partial charge in [-0.15, -0.1) is 0 Å². The molecule has 1 atom stereocenters. The van der Waals surface area contributed by atoms with Crippen LogP contribution in [0.1, 0.15) is 32.6 Å². The molecule has 1 saturated heterocycles. The maximum absolute atomic E-state index is 12.0. The lowest BCUT2D eigenvalue weighted by Crippen LogP contribution is -2.44. The first-order chi connectivity index (χ1) is 8.63. The standard InChI is InChI=1S/C13H22N2O3/c1-3-18-13(17)11-5-4-8-15(11)9-12(16)14(2)10-6-7-10/h10-11H,3-9H2,1-2H3. The number of nitrogens with zero attached hydrogens (tertiary/aromatic N) is 2. The number of hydrogen-bond donors (Lipinski definition) is 0. The average Bonchev–Trinajstić information content (AvgIpc) is 3.09. The molecular formula is C13H22N2O3. The molecule has 1 amide bonds. The molecule has 2 fully saturated rings. The summed E-state index contributed by atoms with van der Waals surface area (Å²) in [6.45, 7) is 3.37. The number of ether oxygens (including phenoxy) is 1. The minimum atomic E-state index is -0.221. The molecule has 0 bridgehead atoms. The van der Waals surface area contributed by atoms with E-state index in [4.69, 9.17) is 4.74 Å². The number of amides is 1. The van der Waals surface area contributed by atoms with Crippen LogP contribution in [-0.4, -0.2) is 60.5 Å². The molecular weight excluding hydrogens is 232 g/mol. The van der Waals surface area contributed by atoms with Crippen molar-refractivity contribution in [3.05, 3.63) is 0 Å². The number of rotatable bonds is 5. The van der Waals surface area contributed by atoms with Gasteiger partial charge in [0, 0.05) is 13.1 Å². The highest BCUT2D eigenvalue weighted by Crippen LogP contribution is 2.26. The summed E-state index contributed by atoms with van der Waals surface area (Å²) in [6.07, 6.45) is 4.00. The third-order valence-corrected chi connectivity index (χ3v) is 3.75. The number of esters is 1. The Morgan fingerprint density at radius 1 is 1.33 bits per heavy atom. The second-order valence-corrected chi connectivity index (χ2v) is 5.12. The zero-order valence-electron chi connectivity index (χ0n) is 11.2. The largest absolute Gasteiger partial charge is 0.465 e. The molecule has 0 N–H and O–H groups in total. The molecule has 18 heavy (non-hydrogen) atoms. The normalized spacial score (nSPS) is 24.0. The topological polar surface area (TPSA) is 49.9 Å². The van der Waals surface area contributed by atoms with E-state index in [1.165, 1.54) is 0 Å². The summed E-state index contributed by atoms with van der Waals surface area (Å²) >= 11 is 0. The van der Waals surface area contributed by atoms with Crippen LogP contribution in [0.5, 0.6) is 0 Å². The lowest BCUT2D eigenvalue weighted by atomic mass is 10.2. The van der Waals surface area contributed by atoms with Crippen LogP contribution in [-0.2, 0) is 14.3 Å². The lowest BCUT2D eigenvalue weighted by molar-refractivity contribution is -0.149. The Hall–Kier alpha value is -1.10. The fourth-order valence-corrected chi connectivity index (χ4v) is 2.47. The van der Waals surface area contributed by atoms with Crippen LogP contribution in [0.4, 0.5) is 0 Å². The lowest BCUT2D eigenvalue weighted by Gasteiger charge is -2.25. The molecule has 0 aromatic carbocycles. The Kier molecular flexibility index (Phi) is 4.22. The number of hydrogen-bond acceptors (Lipinski definition) is 4. The zero-order valence-corrected chi connectivity index (χ0v) is 11.2. The summed E-state index contributed by atoms with van der Waals surface area (Å²) in [5.74, 6) is -0.0643. The van der Waals surface area contributed by atoms with Crippen LogP contribution in [0, 0.1) is 0 Å². The van der Waals surface area contributed by atoms with E-state index in [0.29, 0.717) is 19.2 Å². The Morgan fingerprint density at radius 2 is 2.06 bits per heavy atom. The predicted octanol–water partition coefficient (Wildman–Crippen LogP) is 0.635. The molecule has 102 valence electrons. The molecule has 1 aliphatic heterocycles. The van der Waals surface area contributed by atoms with Gasteiger partial charge in [-0.1, -0.05) is 0 Å². The SMILES string of the molecule is CCOC(=O)C1CCCN1CC(=O)N(C)C1CC1. The minimum Gasteiger partial charge on any atom is -0.465 e. The molecule has 5 heteroatoms. The summed E-state index contributed by atoms with van der Waals surface area (Å²) in [5, 5.41) is 0. The molecule has 1 saturated carbocycles. The Balaban J connectivity index is 1.86. The smallest absolute Gasteiger partial charge is 0.323 e. The van der Waals surface area contributed by atoms with Gasteiger partial charge in [0.25, 0.3) is 0 Å². The molecule has 2 aliphatic rings. The van der Waals surface area contributed by atoms with Crippen molar-refractivity contribution in [1.29, 1.82) is 0 Å². The maximum Gasteiger partial charge on any atom is 0.323 e. The number of carbonyl (C=O) groups is 2. The molecule has 0 aromatic heterocycles. The van der Waals surface area contributed by atoms with Crippen molar-refractivity contribution in [2.24, 2.45) is 0 Å². The molecule has 1 aliphatic carbocycles. The number of carbonyl (C=O) groups excluding carboxylic acids is 2. The van der Waals surface area contributed by atoms with E-state index >= 15 is 0 Å². The van der Waals surface area contributed by atoms with Gasteiger partial charge in [0.15, 0.2) is 0 Å². The van der Waals surface area contributed by atoms with E-state index in [1.54, 1.807) is 0 Å². The zero-order chi connectivity index (χ0) is 13.1. The van der Waals surface area contributed by atoms with Gasteiger partial charge in [0.1, 0.15) is 6.04 Å². The van der Waals surface area contributed by atoms with E-state index in [2.05, 4.69) is 0 Å². The van der Waals surface area contributed by atoms with Crippen LogP contribution >= 0.6 is 0 Å². The minimum absolute atomic E-state index is 0.119. The van der Waals surface area contributed by atoms with Crippen LogP contribution in [0.2, 0.25) is 0 Å². The van der Waals surface area contributed by atoms with Crippen molar-refractivity contribution in [3.63, 3.8) is 0 Å². The number of likely N-dealkylation sites (tertiary alicyclic amines) is 1. The first kappa shape index (κ1) is 13.3. The predicted molar refractivity (Wildman–Crippen MR) is 67.0 cm³/mol. The summed E-state index contributed by atoms with van der Waals surface area (Å²) < 4.78 is 5.05. The highest BCUT2D eigenvalue weighted by atomic mass is 16.5. The number of likely N-dealkylation sites (N-methyl/N-ethyl adjacent to an activating group) is 1. The van der Waals surface area contributed by atoms with Crippen molar-refractivity contribution in [1.82, 2.24) is 9.80 Å². The molecule has 0 spiro atoms. The van der Waals surface area contributed by atoms with Crippen molar-refractivity contribution >= 4 is 11.9 Å². The van der Waals surface area contributed by atoms with E-state index in [9.17, 15) is 9.59 Å². The summed E-state index contributed by atoms with van der Waals surface area (Å²) in [4.78, 5) is 27.6. The third-order valence-electron chi connectivity index (χ3n) is 3.75. The van der Waals surface area contributed by atoms with Gasteiger partial charge >= 0.3 is 5.97 Å². The Labute approximate surface area is 108 Å². The van der Waals surface area contributed by atoms with Gasteiger partial charge in [-0.3, -0.25) is 14.5 Å². The van der Waals surface area contributed by atoms with E-state index in [-0.39, 0.29) is 17.9 Å². The van der Waals surface area contributed by atoms with Crippen molar-refractivity contribution in [2.45, 2.75) is 44.7 Å².